The van der Waals surface area contributed by atoms with Crippen molar-refractivity contribution in [1.29, 1.82) is 0 Å². The summed E-state index contributed by atoms with van der Waals surface area (Å²) in [6.45, 7) is 0.509. The van der Waals surface area contributed by atoms with Gasteiger partial charge < -0.3 is 20.1 Å². The topological polar surface area (TPSA) is 105 Å². The Morgan fingerprint density at radius 3 is 2.83 bits per heavy atom. The fourth-order valence-corrected chi connectivity index (χ4v) is 3.54. The molecule has 0 spiro atoms. The highest BCUT2D eigenvalue weighted by molar-refractivity contribution is 5.93. The quantitative estimate of drug-likeness (QED) is 0.666. The number of nitrogens with zero attached hydrogens (tertiary/aromatic N) is 1. The lowest BCUT2D eigenvalue weighted by Gasteiger charge is -2.33. The van der Waals surface area contributed by atoms with Crippen LogP contribution in [0.25, 0.3) is 0 Å². The van der Waals surface area contributed by atoms with Gasteiger partial charge in [-0.2, -0.15) is 5.10 Å². The number of aromatic amines is 1. The number of carbonyl (C=O) groups is 2. The molecule has 8 nitrogen and oxygen atoms in total. The van der Waals surface area contributed by atoms with E-state index in [1.54, 1.807) is 6.07 Å². The second-order valence-electron chi connectivity index (χ2n) is 7.48. The Labute approximate surface area is 171 Å². The second kappa shape index (κ2) is 8.78. The Bertz CT molecular complexity index is 923. The van der Waals surface area contributed by atoms with E-state index >= 15 is 0 Å². The van der Waals surface area contributed by atoms with Gasteiger partial charge in [-0.1, -0.05) is 6.07 Å². The molecular formula is C20H22F2N4O4. The molecule has 0 radical (unpaired) electrons. The van der Waals surface area contributed by atoms with Gasteiger partial charge in [0.2, 0.25) is 0 Å². The lowest BCUT2D eigenvalue weighted by molar-refractivity contribution is -0.124. The summed E-state index contributed by atoms with van der Waals surface area (Å²) < 4.78 is 37.1. The molecule has 3 N–H and O–H groups in total. The Morgan fingerprint density at radius 2 is 2.10 bits per heavy atom. The molecule has 2 aliphatic rings. The van der Waals surface area contributed by atoms with E-state index in [4.69, 9.17) is 9.47 Å². The van der Waals surface area contributed by atoms with Crippen LogP contribution in [0, 0.1) is 11.6 Å². The molecule has 2 heterocycles. The van der Waals surface area contributed by atoms with Crippen molar-refractivity contribution in [3.8, 4) is 0 Å². The number of hydrogen-bond donors (Lipinski definition) is 3. The predicted molar refractivity (Wildman–Crippen MR) is 102 cm³/mol. The molecule has 30 heavy (non-hydrogen) atoms. The summed E-state index contributed by atoms with van der Waals surface area (Å²) in [6.07, 6.45) is 1.46. The van der Waals surface area contributed by atoms with Crippen LogP contribution in [0.2, 0.25) is 0 Å². The average molecular weight is 420 g/mol. The van der Waals surface area contributed by atoms with Crippen molar-refractivity contribution in [2.24, 2.45) is 0 Å². The maximum absolute atomic E-state index is 13.6. The van der Waals surface area contributed by atoms with E-state index in [0.29, 0.717) is 31.7 Å². The number of H-pyrrole nitrogens is 1. The summed E-state index contributed by atoms with van der Waals surface area (Å²) in [5, 5.41) is 12.2. The van der Waals surface area contributed by atoms with Crippen LogP contribution in [-0.2, 0) is 20.8 Å². The molecule has 2 fully saturated rings. The van der Waals surface area contributed by atoms with Crippen molar-refractivity contribution in [3.05, 3.63) is 47.2 Å². The van der Waals surface area contributed by atoms with Gasteiger partial charge in [-0.15, -0.1) is 0 Å². The zero-order chi connectivity index (χ0) is 21.1. The van der Waals surface area contributed by atoms with Crippen molar-refractivity contribution in [2.45, 2.75) is 50.4 Å². The molecule has 1 saturated heterocycles. The maximum atomic E-state index is 13.6. The van der Waals surface area contributed by atoms with Crippen molar-refractivity contribution in [1.82, 2.24) is 15.5 Å². The standard InChI is InChI=1S/C20H22F2N4O4/c21-13-4-3-11(15(22)8-13)10-23-20(28)30-14-6-12(7-14)16-9-18(26-25-16)24-19(27)17-2-1-5-29-17/h3-4,8-9,12,14,17H,1-2,5-7,10H2,(H,23,28)(H2,24,25,26,27). The minimum atomic E-state index is -0.722. The molecule has 1 aliphatic heterocycles. The van der Waals surface area contributed by atoms with E-state index in [1.165, 1.54) is 6.07 Å². The third kappa shape index (κ3) is 4.76. The molecule has 0 bridgehead atoms. The number of halogens is 2. The van der Waals surface area contributed by atoms with Crippen molar-refractivity contribution in [2.75, 3.05) is 11.9 Å². The van der Waals surface area contributed by atoms with Gasteiger partial charge in [-0.3, -0.25) is 9.89 Å². The molecule has 1 aromatic carbocycles. The highest BCUT2D eigenvalue weighted by Gasteiger charge is 2.35. The summed E-state index contributed by atoms with van der Waals surface area (Å²) in [6, 6.07) is 4.94. The van der Waals surface area contributed by atoms with Gasteiger partial charge in [-0.05, 0) is 31.7 Å². The number of amides is 2. The van der Waals surface area contributed by atoms with Crippen LogP contribution in [0.1, 0.15) is 42.9 Å². The van der Waals surface area contributed by atoms with Crippen LogP contribution in [0.15, 0.2) is 24.3 Å². The van der Waals surface area contributed by atoms with E-state index in [1.807, 2.05) is 0 Å². The number of carbonyl (C=O) groups excluding carboxylic acids is 2. The van der Waals surface area contributed by atoms with Gasteiger partial charge >= 0.3 is 6.09 Å². The molecule has 1 unspecified atom stereocenters. The molecule has 2 aromatic rings. The number of nitrogens with one attached hydrogen (secondary N) is 3. The Kier molecular flexibility index (Phi) is 5.93. The number of anilines is 1. The smallest absolute Gasteiger partial charge is 0.407 e. The van der Waals surface area contributed by atoms with Gasteiger partial charge in [0, 0.05) is 42.5 Å². The van der Waals surface area contributed by atoms with Gasteiger partial charge in [0.15, 0.2) is 5.82 Å². The van der Waals surface area contributed by atoms with Crippen LogP contribution in [-0.4, -0.2) is 41.0 Å². The lowest BCUT2D eigenvalue weighted by atomic mass is 9.80. The predicted octanol–water partition coefficient (Wildman–Crippen LogP) is 2.98. The number of benzene rings is 1. The van der Waals surface area contributed by atoms with Gasteiger partial charge in [-0.25, -0.2) is 13.6 Å². The number of rotatable bonds is 6. The van der Waals surface area contributed by atoms with Crippen LogP contribution < -0.4 is 10.6 Å². The molecule has 1 saturated carbocycles. The number of hydrogen-bond acceptors (Lipinski definition) is 5. The minimum Gasteiger partial charge on any atom is -0.446 e. The lowest BCUT2D eigenvalue weighted by Crippen LogP contribution is -2.36. The van der Waals surface area contributed by atoms with Crippen LogP contribution in [0.5, 0.6) is 0 Å². The second-order valence-corrected chi connectivity index (χ2v) is 7.48. The van der Waals surface area contributed by atoms with Crippen LogP contribution >= 0.6 is 0 Å². The first-order chi connectivity index (χ1) is 14.5. The van der Waals surface area contributed by atoms with Crippen LogP contribution in [0.3, 0.4) is 0 Å². The molecule has 1 atom stereocenters. The van der Waals surface area contributed by atoms with E-state index in [9.17, 15) is 18.4 Å². The van der Waals surface area contributed by atoms with E-state index in [-0.39, 0.29) is 30.0 Å². The molecule has 1 aromatic heterocycles. The van der Waals surface area contributed by atoms with E-state index < -0.39 is 23.8 Å². The monoisotopic (exact) mass is 420 g/mol. The first kappa shape index (κ1) is 20.3. The average Bonchev–Trinajstić information content (AvgIpc) is 3.36. The zero-order valence-electron chi connectivity index (χ0n) is 16.1. The van der Waals surface area contributed by atoms with Crippen molar-refractivity contribution >= 4 is 17.8 Å². The van der Waals surface area contributed by atoms with E-state index in [0.717, 1.165) is 24.2 Å². The zero-order valence-corrected chi connectivity index (χ0v) is 16.1. The van der Waals surface area contributed by atoms with Crippen LogP contribution in [0.4, 0.5) is 19.4 Å². The summed E-state index contributed by atoms with van der Waals surface area (Å²) in [5.74, 6) is -1.02. The number of alkyl carbamates (subject to hydrolysis) is 1. The number of ether oxygens (including phenoxy) is 2. The third-order valence-electron chi connectivity index (χ3n) is 5.32. The van der Waals surface area contributed by atoms with E-state index in [2.05, 4.69) is 20.8 Å². The molecule has 2 amide bonds. The SMILES string of the molecule is O=C(NCc1ccc(F)cc1F)OC1CC(c2cc(NC(=O)C3CCCO3)n[nH]2)C1. The highest BCUT2D eigenvalue weighted by atomic mass is 19.1. The van der Waals surface area contributed by atoms with Crippen molar-refractivity contribution < 1.29 is 27.8 Å². The number of aromatic nitrogens is 2. The fraction of sp³-hybridized carbons (Fsp3) is 0.450. The summed E-state index contributed by atoms with van der Waals surface area (Å²) in [4.78, 5) is 23.9. The summed E-state index contributed by atoms with van der Waals surface area (Å²) in [7, 11) is 0. The molecule has 4 rings (SSSR count). The Hall–Kier alpha value is -3.01. The molecule has 10 heteroatoms. The highest BCUT2D eigenvalue weighted by Crippen LogP contribution is 2.38. The maximum Gasteiger partial charge on any atom is 0.407 e. The Morgan fingerprint density at radius 1 is 1.27 bits per heavy atom. The fourth-order valence-electron chi connectivity index (χ4n) is 3.54. The van der Waals surface area contributed by atoms with Gasteiger partial charge in [0.1, 0.15) is 23.8 Å². The van der Waals surface area contributed by atoms with Gasteiger partial charge in [0.25, 0.3) is 5.91 Å². The normalized spacial score (nSPS) is 22.9. The molecule has 1 aliphatic carbocycles. The van der Waals surface area contributed by atoms with Crippen molar-refractivity contribution in [3.63, 3.8) is 0 Å². The summed E-state index contributed by atoms with van der Waals surface area (Å²) >= 11 is 0. The molecular weight excluding hydrogens is 398 g/mol. The third-order valence-corrected chi connectivity index (χ3v) is 5.32. The summed E-state index contributed by atoms with van der Waals surface area (Å²) in [5.41, 5.74) is 1.03. The van der Waals surface area contributed by atoms with Gasteiger partial charge in [0.05, 0.1) is 0 Å². The minimum absolute atomic E-state index is 0.0879. The first-order valence-corrected chi connectivity index (χ1v) is 9.84. The molecule has 160 valence electrons. The largest absolute Gasteiger partial charge is 0.446 e. The first-order valence-electron chi connectivity index (χ1n) is 9.84. The Balaban J connectivity index is 1.19.